The summed E-state index contributed by atoms with van der Waals surface area (Å²) in [5.41, 5.74) is 2.23. The minimum Gasteiger partial charge on any atom is -0.384 e. The van der Waals surface area contributed by atoms with Crippen LogP contribution in [0.1, 0.15) is 22.8 Å². The van der Waals surface area contributed by atoms with Crippen LogP contribution in [0.2, 0.25) is 0 Å². The number of fused-ring (bicyclic) bond motifs is 1. The van der Waals surface area contributed by atoms with Crippen LogP contribution in [0.4, 0.5) is 18.9 Å². The van der Waals surface area contributed by atoms with Gasteiger partial charge in [0.2, 0.25) is 0 Å². The maximum absolute atomic E-state index is 12.4. The molecular weight excluding hydrogens is 257 g/mol. The Labute approximate surface area is 109 Å². The van der Waals surface area contributed by atoms with E-state index in [0.29, 0.717) is 5.56 Å². The molecule has 0 unspecified atom stereocenters. The molecule has 1 N–H and O–H groups in total. The molecule has 0 radical (unpaired) electrons. The van der Waals surface area contributed by atoms with Gasteiger partial charge in [0, 0.05) is 24.3 Å². The highest BCUT2D eigenvalue weighted by Gasteiger charge is 2.32. The number of carbonyl (C=O) groups is 1. The highest BCUT2D eigenvalue weighted by Crippen LogP contribution is 2.24. The molecule has 1 heterocycles. The quantitative estimate of drug-likeness (QED) is 0.917. The van der Waals surface area contributed by atoms with Crippen LogP contribution in [-0.2, 0) is 6.42 Å². The van der Waals surface area contributed by atoms with Crippen LogP contribution in [0.5, 0.6) is 0 Å². The van der Waals surface area contributed by atoms with Gasteiger partial charge in [0.15, 0.2) is 0 Å². The number of hydrogen-bond acceptors (Lipinski definition) is 2. The van der Waals surface area contributed by atoms with Gasteiger partial charge < -0.3 is 10.2 Å². The van der Waals surface area contributed by atoms with E-state index in [2.05, 4.69) is 5.32 Å². The Balaban J connectivity index is 2.18. The average Bonchev–Trinajstić information content (AvgIpc) is 2.81. The number of carbonyl (C=O) groups excluding carboxylic acids is 1. The fourth-order valence-electron chi connectivity index (χ4n) is 2.15. The van der Waals surface area contributed by atoms with Crippen molar-refractivity contribution in [3.8, 4) is 0 Å². The highest BCUT2D eigenvalue weighted by atomic mass is 19.4. The van der Waals surface area contributed by atoms with Crippen LogP contribution in [0, 0.1) is 0 Å². The molecule has 0 saturated heterocycles. The van der Waals surface area contributed by atoms with Crippen molar-refractivity contribution in [2.24, 2.45) is 0 Å². The number of hydrogen-bond donors (Lipinski definition) is 1. The summed E-state index contributed by atoms with van der Waals surface area (Å²) in [6, 6.07) is 5.01. The Hall–Kier alpha value is -1.72. The third kappa shape index (κ3) is 3.19. The molecule has 6 heteroatoms. The Kier molecular flexibility index (Phi) is 3.68. The first-order chi connectivity index (χ1) is 8.90. The molecule has 1 aromatic rings. The molecule has 0 saturated carbocycles. The third-order valence-electron chi connectivity index (χ3n) is 3.11. The van der Waals surface area contributed by atoms with Crippen molar-refractivity contribution in [2.45, 2.75) is 19.5 Å². The fourth-order valence-corrected chi connectivity index (χ4v) is 2.15. The third-order valence-corrected chi connectivity index (χ3v) is 3.11. The molecule has 0 atom stereocenters. The molecule has 1 aromatic carbocycles. The van der Waals surface area contributed by atoms with Crippen molar-refractivity contribution in [1.82, 2.24) is 4.90 Å². The Morgan fingerprint density at radius 3 is 2.79 bits per heavy atom. The van der Waals surface area contributed by atoms with Gasteiger partial charge in [-0.1, -0.05) is 6.07 Å². The standard InChI is InChI=1S/C13H15F3N2O/c1-2-18(8-13(14,15)16)12(19)10-4-3-9-5-6-17-11(9)7-10/h3-4,7,17H,2,5-6,8H2,1H3. The summed E-state index contributed by atoms with van der Waals surface area (Å²) in [7, 11) is 0. The van der Waals surface area contributed by atoms with Crippen LogP contribution in [0.15, 0.2) is 18.2 Å². The summed E-state index contributed by atoms with van der Waals surface area (Å²) >= 11 is 0. The number of rotatable bonds is 3. The number of nitrogens with one attached hydrogen (secondary N) is 1. The van der Waals surface area contributed by atoms with Crippen LogP contribution >= 0.6 is 0 Å². The maximum atomic E-state index is 12.4. The second-order valence-corrected chi connectivity index (χ2v) is 4.48. The van der Waals surface area contributed by atoms with Crippen molar-refractivity contribution in [3.05, 3.63) is 29.3 Å². The van der Waals surface area contributed by atoms with Gasteiger partial charge in [0.1, 0.15) is 6.54 Å². The summed E-state index contributed by atoms with van der Waals surface area (Å²) in [6.45, 7) is 1.15. The van der Waals surface area contributed by atoms with Crippen molar-refractivity contribution in [1.29, 1.82) is 0 Å². The van der Waals surface area contributed by atoms with Crippen LogP contribution in [-0.4, -0.2) is 36.6 Å². The molecule has 0 aliphatic carbocycles. The minimum atomic E-state index is -4.37. The van der Waals surface area contributed by atoms with Crippen molar-refractivity contribution in [3.63, 3.8) is 0 Å². The predicted octanol–water partition coefficient (Wildman–Crippen LogP) is 2.68. The van der Waals surface area contributed by atoms with E-state index in [1.54, 1.807) is 18.2 Å². The first-order valence-electron chi connectivity index (χ1n) is 6.13. The maximum Gasteiger partial charge on any atom is 0.406 e. The second-order valence-electron chi connectivity index (χ2n) is 4.48. The number of amides is 1. The van der Waals surface area contributed by atoms with Crippen molar-refractivity contribution in [2.75, 3.05) is 25.0 Å². The van der Waals surface area contributed by atoms with Crippen LogP contribution < -0.4 is 5.32 Å². The van der Waals surface area contributed by atoms with E-state index < -0.39 is 18.6 Å². The lowest BCUT2D eigenvalue weighted by Gasteiger charge is -2.22. The number of halogens is 3. The molecule has 0 spiro atoms. The topological polar surface area (TPSA) is 32.3 Å². The van der Waals surface area contributed by atoms with E-state index in [1.807, 2.05) is 0 Å². The monoisotopic (exact) mass is 272 g/mol. The molecule has 19 heavy (non-hydrogen) atoms. The lowest BCUT2D eigenvalue weighted by Crippen LogP contribution is -2.38. The van der Waals surface area contributed by atoms with Crippen molar-refractivity contribution >= 4 is 11.6 Å². The highest BCUT2D eigenvalue weighted by molar-refractivity contribution is 5.95. The summed E-state index contributed by atoms with van der Waals surface area (Å²) in [5, 5.41) is 3.11. The van der Waals surface area contributed by atoms with E-state index in [-0.39, 0.29) is 6.54 Å². The number of alkyl halides is 3. The Bertz CT molecular complexity index is 485. The lowest BCUT2D eigenvalue weighted by atomic mass is 10.1. The molecule has 0 aromatic heterocycles. The zero-order valence-corrected chi connectivity index (χ0v) is 10.5. The van der Waals surface area contributed by atoms with Gasteiger partial charge in [-0.3, -0.25) is 4.79 Å². The van der Waals surface area contributed by atoms with Gasteiger partial charge in [-0.15, -0.1) is 0 Å². The van der Waals surface area contributed by atoms with Gasteiger partial charge in [-0.05, 0) is 31.0 Å². The zero-order chi connectivity index (χ0) is 14.0. The van der Waals surface area contributed by atoms with E-state index in [9.17, 15) is 18.0 Å². The van der Waals surface area contributed by atoms with Gasteiger partial charge in [-0.2, -0.15) is 13.2 Å². The zero-order valence-electron chi connectivity index (χ0n) is 10.5. The molecule has 104 valence electrons. The van der Waals surface area contributed by atoms with Crippen LogP contribution in [0.25, 0.3) is 0 Å². The summed E-state index contributed by atoms with van der Waals surface area (Å²) in [4.78, 5) is 12.9. The molecule has 1 aliphatic heterocycles. The normalized spacial score (nSPS) is 13.9. The minimum absolute atomic E-state index is 0.0306. The van der Waals surface area contributed by atoms with E-state index in [1.165, 1.54) is 6.92 Å². The predicted molar refractivity (Wildman–Crippen MR) is 66.3 cm³/mol. The Morgan fingerprint density at radius 1 is 1.42 bits per heavy atom. The molecule has 2 rings (SSSR count). The molecule has 0 fully saturated rings. The second kappa shape index (κ2) is 5.11. The van der Waals surface area contributed by atoms with E-state index >= 15 is 0 Å². The largest absolute Gasteiger partial charge is 0.406 e. The van der Waals surface area contributed by atoms with E-state index in [4.69, 9.17) is 0 Å². The molecular formula is C13H15F3N2O. The lowest BCUT2D eigenvalue weighted by molar-refractivity contribution is -0.140. The molecule has 1 amide bonds. The number of benzene rings is 1. The molecule has 1 aliphatic rings. The van der Waals surface area contributed by atoms with Crippen LogP contribution in [0.3, 0.4) is 0 Å². The van der Waals surface area contributed by atoms with Crippen molar-refractivity contribution < 1.29 is 18.0 Å². The number of anilines is 1. The van der Waals surface area contributed by atoms with Gasteiger partial charge in [0.05, 0.1) is 0 Å². The molecule has 0 bridgehead atoms. The SMILES string of the molecule is CCN(CC(F)(F)F)C(=O)c1ccc2c(c1)NCC2. The number of nitrogens with zero attached hydrogens (tertiary/aromatic N) is 1. The molecule has 3 nitrogen and oxygen atoms in total. The van der Waals surface area contributed by atoms with Gasteiger partial charge in [0.25, 0.3) is 5.91 Å². The summed E-state index contributed by atoms with van der Waals surface area (Å²) in [5.74, 6) is -0.587. The fraction of sp³-hybridized carbons (Fsp3) is 0.462. The van der Waals surface area contributed by atoms with Gasteiger partial charge >= 0.3 is 6.18 Å². The first-order valence-corrected chi connectivity index (χ1v) is 6.13. The smallest absolute Gasteiger partial charge is 0.384 e. The summed E-state index contributed by atoms with van der Waals surface area (Å²) in [6.07, 6.45) is -3.50. The Morgan fingerprint density at radius 2 is 2.16 bits per heavy atom. The van der Waals surface area contributed by atoms with Gasteiger partial charge in [-0.25, -0.2) is 0 Å². The first kappa shape index (κ1) is 13.7. The van der Waals surface area contributed by atoms with E-state index in [0.717, 1.165) is 29.1 Å². The average molecular weight is 272 g/mol. The summed E-state index contributed by atoms with van der Waals surface area (Å²) < 4.78 is 37.1.